The number of rotatable bonds is 7. The number of nitrogens with one attached hydrogen (secondary N) is 1. The van der Waals surface area contributed by atoms with Gasteiger partial charge >= 0.3 is 11.9 Å². The first-order valence-electron chi connectivity index (χ1n) is 7.53. The monoisotopic (exact) mass is 386 g/mol. The van der Waals surface area contributed by atoms with Gasteiger partial charge in [0, 0.05) is 0 Å². The van der Waals surface area contributed by atoms with Gasteiger partial charge in [-0.2, -0.15) is 0 Å². The third kappa shape index (κ3) is 4.04. The van der Waals surface area contributed by atoms with E-state index in [1.165, 1.54) is 24.3 Å². The van der Waals surface area contributed by atoms with Gasteiger partial charge in [0.1, 0.15) is 5.57 Å². The zero-order valence-electron chi connectivity index (χ0n) is 14.1. The zero-order valence-corrected chi connectivity index (χ0v) is 14.1. The minimum Gasteiger partial charge on any atom is -0.478 e. The molecule has 0 atom stereocenters. The number of carbonyl (C=O) groups excluding carboxylic acids is 2. The van der Waals surface area contributed by atoms with Crippen LogP contribution in [0.3, 0.4) is 0 Å². The molecule has 11 nitrogen and oxygen atoms in total. The molecule has 0 saturated heterocycles. The first kappa shape index (κ1) is 19.9. The molecule has 0 saturated carbocycles. The van der Waals surface area contributed by atoms with E-state index in [4.69, 9.17) is 16.6 Å². The molecule has 0 spiro atoms. The molecule has 0 unspecified atom stereocenters. The van der Waals surface area contributed by atoms with Crippen molar-refractivity contribution in [3.8, 4) is 5.69 Å². The van der Waals surface area contributed by atoms with E-state index in [2.05, 4.69) is 5.10 Å². The van der Waals surface area contributed by atoms with Gasteiger partial charge in [0.2, 0.25) is 0 Å². The lowest BCUT2D eigenvalue weighted by atomic mass is 10.2. The van der Waals surface area contributed by atoms with Crippen molar-refractivity contribution in [2.45, 2.75) is 0 Å². The second-order valence-corrected chi connectivity index (χ2v) is 5.37. The van der Waals surface area contributed by atoms with Crippen molar-refractivity contribution in [3.05, 3.63) is 69.2 Å². The summed E-state index contributed by atoms with van der Waals surface area (Å²) in [4.78, 5) is 57.1. The van der Waals surface area contributed by atoms with E-state index >= 15 is 0 Å². The fourth-order valence-corrected chi connectivity index (χ4v) is 2.23. The van der Waals surface area contributed by atoms with Crippen LogP contribution in [0.25, 0.3) is 11.8 Å². The molecule has 1 heterocycles. The topological polar surface area (TPSA) is 199 Å². The number of amides is 2. The number of hydrogen-bond acceptors (Lipinski definition) is 5. The summed E-state index contributed by atoms with van der Waals surface area (Å²) in [7, 11) is 0. The molecule has 0 aliphatic heterocycles. The van der Waals surface area contributed by atoms with Gasteiger partial charge < -0.3 is 21.7 Å². The number of allylic oxidation sites excluding steroid dienone is 2. The molecule has 0 fully saturated rings. The summed E-state index contributed by atoms with van der Waals surface area (Å²) in [5, 5.41) is 20.6. The van der Waals surface area contributed by atoms with Crippen molar-refractivity contribution < 1.29 is 29.4 Å². The van der Waals surface area contributed by atoms with Gasteiger partial charge in [-0.1, -0.05) is 6.08 Å². The molecule has 2 aromatic rings. The van der Waals surface area contributed by atoms with Crippen LogP contribution in [0.4, 0.5) is 0 Å². The summed E-state index contributed by atoms with van der Waals surface area (Å²) in [6, 6.07) is 5.13. The standard InChI is InChI=1S/C17H14N4O7/c18-13(22)11(14(19)23)3-1-2-10-12(17(27)28)20-21(15(10)24)9-6-4-8(5-7-9)16(25)26/h1-7,20H,(H2,18,22)(H2,19,23)(H,25,26)(H,27,28)/b2-1+. The highest BCUT2D eigenvalue weighted by Crippen LogP contribution is 2.11. The Hall–Kier alpha value is -4.41. The van der Waals surface area contributed by atoms with Crippen LogP contribution in [0.15, 0.2) is 46.8 Å². The van der Waals surface area contributed by atoms with Gasteiger partial charge in [-0.05, 0) is 36.4 Å². The number of primary amides is 2. The summed E-state index contributed by atoms with van der Waals surface area (Å²) in [5.74, 6) is -4.76. The zero-order chi connectivity index (χ0) is 21.0. The van der Waals surface area contributed by atoms with Crippen LogP contribution in [-0.4, -0.2) is 43.7 Å². The lowest BCUT2D eigenvalue weighted by Gasteiger charge is -2.01. The van der Waals surface area contributed by atoms with Crippen LogP contribution in [0.1, 0.15) is 26.4 Å². The number of carboxylic acids is 2. The third-order valence-electron chi connectivity index (χ3n) is 3.57. The number of hydrogen-bond donors (Lipinski definition) is 5. The summed E-state index contributed by atoms with van der Waals surface area (Å²) in [6.07, 6.45) is 3.10. The molecule has 28 heavy (non-hydrogen) atoms. The highest BCUT2D eigenvalue weighted by molar-refractivity contribution is 6.17. The minimum absolute atomic E-state index is 0.0162. The summed E-state index contributed by atoms with van der Waals surface area (Å²) in [6.45, 7) is 0. The second kappa shape index (κ2) is 7.86. The quantitative estimate of drug-likeness (QED) is 0.182. The van der Waals surface area contributed by atoms with E-state index < -0.39 is 40.6 Å². The molecule has 7 N–H and O–H groups in total. The molecule has 11 heteroatoms. The Morgan fingerprint density at radius 3 is 2.00 bits per heavy atom. The number of carbonyl (C=O) groups is 4. The van der Waals surface area contributed by atoms with E-state index in [1.807, 2.05) is 0 Å². The average molecular weight is 386 g/mol. The molecule has 1 aromatic heterocycles. The third-order valence-corrected chi connectivity index (χ3v) is 3.57. The van der Waals surface area contributed by atoms with E-state index in [0.717, 1.165) is 22.9 Å². The van der Waals surface area contributed by atoms with E-state index in [1.54, 1.807) is 0 Å². The van der Waals surface area contributed by atoms with Gasteiger partial charge in [-0.3, -0.25) is 19.5 Å². The lowest BCUT2D eigenvalue weighted by Crippen LogP contribution is -2.25. The van der Waals surface area contributed by atoms with Gasteiger partial charge in [-0.15, -0.1) is 0 Å². The predicted octanol–water partition coefficient (Wildman–Crippen LogP) is -0.528. The number of nitrogens with two attached hydrogens (primary N) is 2. The SMILES string of the molecule is NC(=O)C(=C/C=C/c1c(C(=O)O)[nH]n(-c2ccc(C(=O)O)cc2)c1=O)C(N)=O. The largest absolute Gasteiger partial charge is 0.478 e. The Morgan fingerprint density at radius 1 is 0.964 bits per heavy atom. The molecule has 0 aliphatic carbocycles. The summed E-state index contributed by atoms with van der Waals surface area (Å²) in [5.41, 5.74) is 8.13. The van der Waals surface area contributed by atoms with Crippen LogP contribution < -0.4 is 17.0 Å². The maximum atomic E-state index is 12.6. The molecule has 0 radical (unpaired) electrons. The fraction of sp³-hybridized carbons (Fsp3) is 0. The van der Waals surface area contributed by atoms with Crippen molar-refractivity contribution in [2.24, 2.45) is 11.5 Å². The van der Waals surface area contributed by atoms with Crippen LogP contribution >= 0.6 is 0 Å². The van der Waals surface area contributed by atoms with Crippen molar-refractivity contribution in [2.75, 3.05) is 0 Å². The van der Waals surface area contributed by atoms with Crippen molar-refractivity contribution >= 4 is 29.8 Å². The summed E-state index contributed by atoms with van der Waals surface area (Å²) >= 11 is 0. The number of nitrogens with zero attached hydrogens (tertiary/aromatic N) is 1. The highest BCUT2D eigenvalue weighted by atomic mass is 16.4. The molecular weight excluding hydrogens is 372 g/mol. The summed E-state index contributed by atoms with van der Waals surface area (Å²) < 4.78 is 0.904. The Kier molecular flexibility index (Phi) is 5.59. The first-order valence-corrected chi connectivity index (χ1v) is 7.53. The number of carboxylic acid groups (broad SMARTS) is 2. The van der Waals surface area contributed by atoms with E-state index in [-0.39, 0.29) is 16.8 Å². The Labute approximate surface area is 156 Å². The molecule has 1 aromatic carbocycles. The van der Waals surface area contributed by atoms with Crippen molar-refractivity contribution in [1.29, 1.82) is 0 Å². The molecule has 0 aliphatic rings. The number of aromatic nitrogens is 2. The number of aromatic carboxylic acids is 2. The average Bonchev–Trinajstić information content (AvgIpc) is 2.95. The van der Waals surface area contributed by atoms with Crippen LogP contribution in [-0.2, 0) is 9.59 Å². The van der Waals surface area contributed by atoms with Crippen molar-refractivity contribution in [3.63, 3.8) is 0 Å². The molecule has 2 rings (SSSR count). The molecular formula is C17H14N4O7. The first-order chi connectivity index (χ1) is 13.1. The number of benzene rings is 1. The maximum absolute atomic E-state index is 12.6. The second-order valence-electron chi connectivity index (χ2n) is 5.37. The van der Waals surface area contributed by atoms with Gasteiger partial charge in [0.05, 0.1) is 16.8 Å². The van der Waals surface area contributed by atoms with Crippen LogP contribution in [0.5, 0.6) is 0 Å². The van der Waals surface area contributed by atoms with Crippen LogP contribution in [0.2, 0.25) is 0 Å². The predicted molar refractivity (Wildman–Crippen MR) is 95.8 cm³/mol. The minimum atomic E-state index is -1.44. The normalized spacial score (nSPS) is 10.6. The molecule has 144 valence electrons. The fourth-order valence-electron chi connectivity index (χ4n) is 2.23. The molecule has 2 amide bonds. The van der Waals surface area contributed by atoms with Gasteiger partial charge in [0.15, 0.2) is 5.69 Å². The van der Waals surface area contributed by atoms with E-state index in [9.17, 15) is 29.1 Å². The number of aromatic amines is 1. The lowest BCUT2D eigenvalue weighted by molar-refractivity contribution is -0.120. The molecule has 0 bridgehead atoms. The van der Waals surface area contributed by atoms with Gasteiger partial charge in [0.25, 0.3) is 17.4 Å². The van der Waals surface area contributed by atoms with E-state index in [0.29, 0.717) is 0 Å². The smallest absolute Gasteiger partial charge is 0.354 e. The Bertz CT molecular complexity index is 1070. The van der Waals surface area contributed by atoms with Gasteiger partial charge in [-0.25, -0.2) is 14.3 Å². The Balaban J connectivity index is 2.53. The Morgan fingerprint density at radius 2 is 1.54 bits per heavy atom. The maximum Gasteiger partial charge on any atom is 0.354 e. The highest BCUT2D eigenvalue weighted by Gasteiger charge is 2.19. The van der Waals surface area contributed by atoms with Crippen LogP contribution in [0, 0.1) is 0 Å². The number of H-pyrrole nitrogens is 1. The van der Waals surface area contributed by atoms with Crippen molar-refractivity contribution in [1.82, 2.24) is 9.78 Å².